The van der Waals surface area contributed by atoms with Gasteiger partial charge in [0.05, 0.1) is 18.9 Å². The second kappa shape index (κ2) is 5.89. The molecule has 0 fully saturated rings. The maximum absolute atomic E-state index is 11.6. The van der Waals surface area contributed by atoms with Gasteiger partial charge in [-0.15, -0.1) is 0 Å². The van der Waals surface area contributed by atoms with Crippen LogP contribution in [0.15, 0.2) is 23.8 Å². The zero-order chi connectivity index (χ0) is 15.6. The van der Waals surface area contributed by atoms with Crippen molar-refractivity contribution in [1.29, 1.82) is 0 Å². The van der Waals surface area contributed by atoms with E-state index in [2.05, 4.69) is 0 Å². The van der Waals surface area contributed by atoms with Gasteiger partial charge in [-0.3, -0.25) is 0 Å². The van der Waals surface area contributed by atoms with Crippen molar-refractivity contribution in [3.63, 3.8) is 0 Å². The molecular weight excluding hydrogens is 292 g/mol. The Kier molecular flexibility index (Phi) is 4.37. The quantitative estimate of drug-likeness (QED) is 0.631. The van der Waals surface area contributed by atoms with Gasteiger partial charge in [0.15, 0.2) is 0 Å². The fraction of sp³-hybridized carbons (Fsp3) is 0.400. The van der Waals surface area contributed by atoms with Gasteiger partial charge in [0.1, 0.15) is 5.76 Å². The van der Waals surface area contributed by atoms with E-state index in [4.69, 9.17) is 8.92 Å². The standard InChI is InChI=1S/C15H18O5S/c1-4-10-5-6-11-7-8-12(15(16)19-2)9-13(11)14(10)20-21(3,17)18/h7-9H,4-6H2,1-3H3. The van der Waals surface area contributed by atoms with Gasteiger partial charge in [-0.25, -0.2) is 4.79 Å². The summed E-state index contributed by atoms with van der Waals surface area (Å²) in [4.78, 5) is 11.6. The van der Waals surface area contributed by atoms with E-state index in [1.807, 2.05) is 13.0 Å². The summed E-state index contributed by atoms with van der Waals surface area (Å²) in [7, 11) is -2.31. The molecule has 0 aliphatic heterocycles. The molecule has 0 aromatic heterocycles. The van der Waals surface area contributed by atoms with E-state index in [0.29, 0.717) is 23.3 Å². The lowest BCUT2D eigenvalue weighted by atomic mass is 9.88. The molecule has 0 atom stereocenters. The number of fused-ring (bicyclic) bond motifs is 1. The van der Waals surface area contributed by atoms with Gasteiger partial charge in [-0.05, 0) is 42.5 Å². The summed E-state index contributed by atoms with van der Waals surface area (Å²) >= 11 is 0. The lowest BCUT2D eigenvalue weighted by Gasteiger charge is -2.22. The van der Waals surface area contributed by atoms with Gasteiger partial charge in [0.2, 0.25) is 0 Å². The van der Waals surface area contributed by atoms with Crippen molar-refractivity contribution in [1.82, 2.24) is 0 Å². The minimum absolute atomic E-state index is 0.354. The molecule has 0 amide bonds. The van der Waals surface area contributed by atoms with Crippen LogP contribution < -0.4 is 0 Å². The lowest BCUT2D eigenvalue weighted by molar-refractivity contribution is 0.0600. The Balaban J connectivity index is 2.57. The summed E-state index contributed by atoms with van der Waals surface area (Å²) in [6.45, 7) is 1.95. The van der Waals surface area contributed by atoms with Crippen LogP contribution in [0.25, 0.3) is 5.76 Å². The van der Waals surface area contributed by atoms with Crippen LogP contribution >= 0.6 is 0 Å². The predicted octanol–water partition coefficient (Wildman–Crippen LogP) is 2.52. The van der Waals surface area contributed by atoms with E-state index in [1.165, 1.54) is 7.11 Å². The molecule has 1 aliphatic carbocycles. The van der Waals surface area contributed by atoms with Gasteiger partial charge >= 0.3 is 16.1 Å². The Bertz CT molecular complexity index is 701. The number of allylic oxidation sites excluding steroid dienone is 1. The van der Waals surface area contributed by atoms with Crippen LogP contribution in [0.3, 0.4) is 0 Å². The van der Waals surface area contributed by atoms with Crippen molar-refractivity contribution >= 4 is 21.8 Å². The molecule has 0 spiro atoms. The highest BCUT2D eigenvalue weighted by atomic mass is 32.2. The summed E-state index contributed by atoms with van der Waals surface area (Å²) in [5.41, 5.74) is 2.95. The first-order valence-corrected chi connectivity index (χ1v) is 8.50. The van der Waals surface area contributed by atoms with E-state index in [-0.39, 0.29) is 0 Å². The molecule has 0 heterocycles. The van der Waals surface area contributed by atoms with Crippen LogP contribution in [0.4, 0.5) is 0 Å². The first-order chi connectivity index (χ1) is 9.85. The molecule has 1 aromatic rings. The fourth-order valence-electron chi connectivity index (χ4n) is 2.43. The molecule has 0 N–H and O–H groups in total. The number of carbonyl (C=O) groups excluding carboxylic acids is 1. The Hall–Kier alpha value is -1.82. The Morgan fingerprint density at radius 3 is 2.57 bits per heavy atom. The van der Waals surface area contributed by atoms with Crippen LogP contribution in [0.2, 0.25) is 0 Å². The SMILES string of the molecule is CCC1=C(OS(C)(=O)=O)c2cc(C(=O)OC)ccc2CC1. The number of hydrogen-bond donors (Lipinski definition) is 0. The number of rotatable bonds is 4. The maximum atomic E-state index is 11.6. The predicted molar refractivity (Wildman–Crippen MR) is 79.2 cm³/mol. The summed E-state index contributed by atoms with van der Waals surface area (Å²) in [5, 5.41) is 0. The molecule has 0 radical (unpaired) electrons. The fourth-order valence-corrected chi connectivity index (χ4v) is 2.94. The highest BCUT2D eigenvalue weighted by molar-refractivity contribution is 7.86. The maximum Gasteiger partial charge on any atom is 0.337 e. The number of methoxy groups -OCH3 is 1. The third kappa shape index (κ3) is 3.44. The molecule has 114 valence electrons. The number of aryl methyl sites for hydroxylation is 1. The number of hydrogen-bond acceptors (Lipinski definition) is 5. The highest BCUT2D eigenvalue weighted by Gasteiger charge is 2.24. The molecule has 5 nitrogen and oxygen atoms in total. The molecule has 1 aliphatic rings. The number of benzene rings is 1. The zero-order valence-corrected chi connectivity index (χ0v) is 13.1. The molecule has 0 unspecified atom stereocenters. The second-order valence-electron chi connectivity index (χ2n) is 4.94. The van der Waals surface area contributed by atoms with Crippen molar-refractivity contribution in [3.05, 3.63) is 40.5 Å². The van der Waals surface area contributed by atoms with Gasteiger partial charge in [0.25, 0.3) is 0 Å². The van der Waals surface area contributed by atoms with Crippen molar-refractivity contribution in [3.8, 4) is 0 Å². The average molecular weight is 310 g/mol. The van der Waals surface area contributed by atoms with Gasteiger partial charge in [0, 0.05) is 5.56 Å². The molecule has 2 rings (SSSR count). The summed E-state index contributed by atoms with van der Waals surface area (Å²) in [5.74, 6) is -0.105. The summed E-state index contributed by atoms with van der Waals surface area (Å²) in [6.07, 6.45) is 3.28. The topological polar surface area (TPSA) is 69.7 Å². The minimum atomic E-state index is -3.62. The van der Waals surface area contributed by atoms with E-state index >= 15 is 0 Å². The lowest BCUT2D eigenvalue weighted by Crippen LogP contribution is -2.12. The first-order valence-electron chi connectivity index (χ1n) is 6.68. The van der Waals surface area contributed by atoms with E-state index < -0.39 is 16.1 Å². The van der Waals surface area contributed by atoms with Crippen LogP contribution in [0.5, 0.6) is 0 Å². The van der Waals surface area contributed by atoms with Crippen LogP contribution in [0, 0.1) is 0 Å². The molecule has 0 saturated heterocycles. The van der Waals surface area contributed by atoms with Crippen LogP contribution in [-0.4, -0.2) is 27.8 Å². The Morgan fingerprint density at radius 1 is 1.29 bits per heavy atom. The monoisotopic (exact) mass is 310 g/mol. The van der Waals surface area contributed by atoms with E-state index in [9.17, 15) is 13.2 Å². The third-order valence-corrected chi connectivity index (χ3v) is 3.92. The molecular formula is C15H18O5S. The summed E-state index contributed by atoms with van der Waals surface area (Å²) < 4.78 is 32.9. The van der Waals surface area contributed by atoms with Crippen LogP contribution in [-0.2, 0) is 25.5 Å². The minimum Gasteiger partial charge on any atom is -0.465 e. The van der Waals surface area contributed by atoms with E-state index in [0.717, 1.165) is 30.2 Å². The highest BCUT2D eigenvalue weighted by Crippen LogP contribution is 2.35. The van der Waals surface area contributed by atoms with Crippen molar-refractivity contribution < 1.29 is 22.1 Å². The molecule has 6 heteroatoms. The molecule has 21 heavy (non-hydrogen) atoms. The largest absolute Gasteiger partial charge is 0.465 e. The number of ether oxygens (including phenoxy) is 1. The Morgan fingerprint density at radius 2 is 2.00 bits per heavy atom. The Labute approximate surface area is 124 Å². The third-order valence-electron chi connectivity index (χ3n) is 3.45. The number of esters is 1. The summed E-state index contributed by atoms with van der Waals surface area (Å²) in [6, 6.07) is 5.13. The van der Waals surface area contributed by atoms with Crippen molar-refractivity contribution in [2.45, 2.75) is 26.2 Å². The van der Waals surface area contributed by atoms with Crippen molar-refractivity contribution in [2.24, 2.45) is 0 Å². The van der Waals surface area contributed by atoms with Crippen molar-refractivity contribution in [2.75, 3.05) is 13.4 Å². The van der Waals surface area contributed by atoms with Gasteiger partial charge in [-0.2, -0.15) is 8.42 Å². The molecule has 1 aromatic carbocycles. The number of carbonyl (C=O) groups is 1. The van der Waals surface area contributed by atoms with Gasteiger partial charge in [-0.1, -0.05) is 13.0 Å². The van der Waals surface area contributed by atoms with Gasteiger partial charge < -0.3 is 8.92 Å². The smallest absolute Gasteiger partial charge is 0.337 e. The van der Waals surface area contributed by atoms with Crippen LogP contribution in [0.1, 0.15) is 41.3 Å². The molecule has 0 saturated carbocycles. The molecule has 0 bridgehead atoms. The second-order valence-corrected chi connectivity index (χ2v) is 6.51. The average Bonchev–Trinajstić information content (AvgIpc) is 2.45. The van der Waals surface area contributed by atoms with E-state index in [1.54, 1.807) is 12.1 Å². The normalized spacial score (nSPS) is 14.6. The zero-order valence-electron chi connectivity index (χ0n) is 12.3. The first kappa shape index (κ1) is 15.6.